The molecular formula is C39H64N2O4. The van der Waals surface area contributed by atoms with Gasteiger partial charge in [0.25, 0.3) is 0 Å². The van der Waals surface area contributed by atoms with Crippen molar-refractivity contribution >= 4 is 11.5 Å². The van der Waals surface area contributed by atoms with E-state index < -0.39 is 0 Å². The Labute approximate surface area is 276 Å². The second kappa shape index (κ2) is 32.5. The van der Waals surface area contributed by atoms with E-state index in [1.807, 2.05) is 55.5 Å². The molecule has 0 aliphatic heterocycles. The molecule has 1 aromatic carbocycles. The number of rotatable bonds is 21. The third kappa shape index (κ3) is 25.0. The van der Waals surface area contributed by atoms with Crippen LogP contribution in [0.3, 0.4) is 0 Å². The van der Waals surface area contributed by atoms with Crippen LogP contribution in [0.1, 0.15) is 71.8 Å². The number of unbranched alkanes of at least 4 members (excludes halogenated alkanes) is 3. The third-order valence-electron chi connectivity index (χ3n) is 7.01. The van der Waals surface area contributed by atoms with Gasteiger partial charge in [-0.3, -0.25) is 9.79 Å². The number of nitrogens with one attached hydrogen (secondary N) is 1. The monoisotopic (exact) mass is 624 g/mol. The molecule has 254 valence electrons. The van der Waals surface area contributed by atoms with Gasteiger partial charge < -0.3 is 19.5 Å². The number of allylic oxidation sites excluding steroid dienone is 7. The predicted molar refractivity (Wildman–Crippen MR) is 196 cm³/mol. The van der Waals surface area contributed by atoms with Gasteiger partial charge in [-0.2, -0.15) is 0 Å². The molecule has 1 unspecified atom stereocenters. The Morgan fingerprint density at radius 2 is 1.71 bits per heavy atom. The van der Waals surface area contributed by atoms with E-state index in [0.29, 0.717) is 25.3 Å². The van der Waals surface area contributed by atoms with E-state index in [1.165, 1.54) is 11.1 Å². The molecule has 0 spiro atoms. The average molecular weight is 625 g/mol. The van der Waals surface area contributed by atoms with Crippen molar-refractivity contribution in [1.29, 1.82) is 0 Å². The van der Waals surface area contributed by atoms with E-state index in [2.05, 4.69) is 61.5 Å². The molecule has 0 saturated heterocycles. The lowest BCUT2D eigenvalue weighted by Gasteiger charge is -2.20. The Morgan fingerprint density at radius 1 is 1.04 bits per heavy atom. The molecule has 0 bridgehead atoms. The van der Waals surface area contributed by atoms with Crippen LogP contribution in [0.15, 0.2) is 95.1 Å². The normalized spacial score (nSPS) is 13.1. The Morgan fingerprint density at radius 3 is 2.24 bits per heavy atom. The fourth-order valence-electron chi connectivity index (χ4n) is 4.27. The molecule has 0 saturated carbocycles. The Bertz CT molecular complexity index is 1020. The Hall–Kier alpha value is -2.90. The number of nitrogens with zero attached hydrogens (tertiary/aromatic N) is 1. The van der Waals surface area contributed by atoms with Gasteiger partial charge in [-0.1, -0.05) is 111 Å². The van der Waals surface area contributed by atoms with Gasteiger partial charge in [0.05, 0.1) is 25.5 Å². The van der Waals surface area contributed by atoms with Gasteiger partial charge in [-0.05, 0) is 57.7 Å². The molecule has 0 fully saturated rings. The number of benzene rings is 1. The number of hydrogen-bond acceptors (Lipinski definition) is 6. The highest BCUT2D eigenvalue weighted by Crippen LogP contribution is 2.21. The number of ether oxygens (including phenoxy) is 3. The summed E-state index contributed by atoms with van der Waals surface area (Å²) in [4.78, 5) is 17.4. The van der Waals surface area contributed by atoms with E-state index in [-0.39, 0.29) is 11.7 Å². The molecule has 45 heavy (non-hydrogen) atoms. The standard InChI is InChI=1S/C30H50N2O3.C7H8.C2H6O/c1-8-11-17-27(10-3)18-16-22-35-24-28(25(4)9-2)26(5)30(31-6)29(33)19-14-12-13-15-20-32-21-23-34-7;1-7-5-3-2-4-6-7;1-3-2/h8,10-11,16-18,26,32H,1,9,12-15,19-24H2,2-7H3;2-6H,1H3;1-2H3/b17-11-,18-16+,27-10+,28-25+,31-30?;;. The highest BCUT2D eigenvalue weighted by molar-refractivity contribution is 6.41. The lowest BCUT2D eigenvalue weighted by atomic mass is 9.88. The summed E-state index contributed by atoms with van der Waals surface area (Å²) in [5.74, 6) is 0.120. The molecule has 6 heteroatoms. The van der Waals surface area contributed by atoms with Crippen LogP contribution >= 0.6 is 0 Å². The predicted octanol–water partition coefficient (Wildman–Crippen LogP) is 8.69. The number of carbonyl (C=O) groups is 1. The first-order chi connectivity index (χ1) is 21.8. The van der Waals surface area contributed by atoms with Crippen LogP contribution in [0.5, 0.6) is 0 Å². The fraction of sp³-hybridized carbons (Fsp3) is 0.538. The molecular weight excluding hydrogens is 560 g/mol. The summed E-state index contributed by atoms with van der Waals surface area (Å²) >= 11 is 0. The molecule has 1 aromatic rings. The molecule has 0 aliphatic carbocycles. The lowest BCUT2D eigenvalue weighted by molar-refractivity contribution is -0.113. The molecule has 0 amide bonds. The second-order valence-corrected chi connectivity index (χ2v) is 10.7. The van der Waals surface area contributed by atoms with Crippen LogP contribution in [0.2, 0.25) is 0 Å². The fourth-order valence-corrected chi connectivity index (χ4v) is 4.27. The van der Waals surface area contributed by atoms with Gasteiger partial charge in [0.15, 0.2) is 5.78 Å². The van der Waals surface area contributed by atoms with Crippen molar-refractivity contribution in [1.82, 2.24) is 5.32 Å². The summed E-state index contributed by atoms with van der Waals surface area (Å²) in [6.07, 6.45) is 17.5. The molecule has 0 aromatic heterocycles. The maximum absolute atomic E-state index is 13.0. The largest absolute Gasteiger partial charge is 0.388 e. The van der Waals surface area contributed by atoms with Gasteiger partial charge in [-0.25, -0.2) is 0 Å². The minimum atomic E-state index is -0.0389. The van der Waals surface area contributed by atoms with Crippen molar-refractivity contribution in [2.45, 2.75) is 73.1 Å². The van der Waals surface area contributed by atoms with E-state index in [4.69, 9.17) is 9.47 Å². The maximum atomic E-state index is 13.0. The van der Waals surface area contributed by atoms with Gasteiger partial charge >= 0.3 is 0 Å². The van der Waals surface area contributed by atoms with E-state index >= 15 is 0 Å². The van der Waals surface area contributed by atoms with Crippen molar-refractivity contribution in [3.63, 3.8) is 0 Å². The molecule has 0 heterocycles. The van der Waals surface area contributed by atoms with Gasteiger partial charge in [0, 0.05) is 47.3 Å². The first-order valence-corrected chi connectivity index (χ1v) is 16.3. The van der Waals surface area contributed by atoms with Gasteiger partial charge in [0.2, 0.25) is 0 Å². The first-order valence-electron chi connectivity index (χ1n) is 16.3. The van der Waals surface area contributed by atoms with E-state index in [9.17, 15) is 4.79 Å². The Kier molecular flexibility index (Phi) is 31.9. The van der Waals surface area contributed by atoms with Crippen LogP contribution in [0.4, 0.5) is 0 Å². The Balaban J connectivity index is 0. The quantitative estimate of drug-likeness (QED) is 0.0641. The van der Waals surface area contributed by atoms with Crippen LogP contribution in [-0.4, -0.2) is 72.8 Å². The molecule has 0 aliphatic rings. The molecule has 6 nitrogen and oxygen atoms in total. The number of carbonyl (C=O) groups excluding carboxylic acids is 1. The second-order valence-electron chi connectivity index (χ2n) is 10.7. The van der Waals surface area contributed by atoms with E-state index in [1.54, 1.807) is 34.5 Å². The highest BCUT2D eigenvalue weighted by Gasteiger charge is 2.22. The summed E-state index contributed by atoms with van der Waals surface area (Å²) in [7, 11) is 6.69. The van der Waals surface area contributed by atoms with Crippen molar-refractivity contribution in [2.75, 3.05) is 61.3 Å². The zero-order valence-electron chi connectivity index (χ0n) is 30.0. The first kappa shape index (κ1) is 44.2. The number of Topliss-reactive ketones (excluding diaryl/α,β-unsaturated/α-hetero) is 1. The van der Waals surface area contributed by atoms with Crippen molar-refractivity contribution in [3.8, 4) is 0 Å². The SMILES string of the molecule is C=C\C=C/C(/C=C/COC/C(=C(/C)CC)C(C)C(=NC)C(=O)CCCCCCNCCOC)=C\C.COC.Cc1ccccc1. The molecule has 1 N–H and O–H groups in total. The van der Waals surface area contributed by atoms with Crippen LogP contribution in [0.25, 0.3) is 0 Å². The smallest absolute Gasteiger partial charge is 0.177 e. The third-order valence-corrected chi connectivity index (χ3v) is 7.01. The van der Waals surface area contributed by atoms with Crippen molar-refractivity contribution in [2.24, 2.45) is 10.9 Å². The minimum absolute atomic E-state index is 0.0389. The van der Waals surface area contributed by atoms with Crippen LogP contribution in [0, 0.1) is 12.8 Å². The average Bonchev–Trinajstić information content (AvgIpc) is 3.04. The van der Waals surface area contributed by atoms with E-state index in [0.717, 1.165) is 62.9 Å². The number of aliphatic imine (C=N–C) groups is 1. The molecule has 1 rings (SSSR count). The van der Waals surface area contributed by atoms with Crippen LogP contribution < -0.4 is 5.32 Å². The summed E-state index contributed by atoms with van der Waals surface area (Å²) in [6, 6.07) is 10.3. The molecule has 0 radical (unpaired) electrons. The van der Waals surface area contributed by atoms with Gasteiger partial charge in [0.1, 0.15) is 0 Å². The van der Waals surface area contributed by atoms with Crippen molar-refractivity contribution < 1.29 is 19.0 Å². The highest BCUT2D eigenvalue weighted by atomic mass is 16.5. The minimum Gasteiger partial charge on any atom is -0.388 e. The summed E-state index contributed by atoms with van der Waals surface area (Å²) in [5.41, 5.74) is 5.52. The number of ketones is 1. The molecule has 1 atom stereocenters. The van der Waals surface area contributed by atoms with Gasteiger partial charge in [-0.15, -0.1) is 0 Å². The van der Waals surface area contributed by atoms with Crippen LogP contribution in [-0.2, 0) is 19.0 Å². The lowest BCUT2D eigenvalue weighted by Crippen LogP contribution is -2.26. The maximum Gasteiger partial charge on any atom is 0.177 e. The van der Waals surface area contributed by atoms with Crippen molar-refractivity contribution in [3.05, 3.63) is 95.6 Å². The number of aryl methyl sites for hydroxylation is 1. The summed E-state index contributed by atoms with van der Waals surface area (Å²) in [6.45, 7) is 17.8. The number of hydrogen-bond donors (Lipinski definition) is 1. The zero-order chi connectivity index (χ0) is 34.1. The topological polar surface area (TPSA) is 69.2 Å². The number of methoxy groups -OCH3 is 2. The summed E-state index contributed by atoms with van der Waals surface area (Å²) < 4.78 is 15.3. The summed E-state index contributed by atoms with van der Waals surface area (Å²) in [5, 5.41) is 3.36. The zero-order valence-corrected chi connectivity index (χ0v) is 30.0.